The highest BCUT2D eigenvalue weighted by Crippen LogP contribution is 2.29. The summed E-state index contributed by atoms with van der Waals surface area (Å²) < 4.78 is 2.28. The predicted octanol–water partition coefficient (Wildman–Crippen LogP) is 2.64. The van der Waals surface area contributed by atoms with Crippen LogP contribution in [0.2, 0.25) is 0 Å². The number of fused-ring (bicyclic) bond motifs is 3. The first-order valence-electron chi connectivity index (χ1n) is 10.5. The van der Waals surface area contributed by atoms with Crippen molar-refractivity contribution in [2.45, 2.75) is 58.9 Å². The maximum absolute atomic E-state index is 12.6. The fraction of sp³-hybridized carbons (Fsp3) is 0.700. The lowest BCUT2D eigenvalue weighted by molar-refractivity contribution is -0.135. The van der Waals surface area contributed by atoms with Gasteiger partial charge in [0.25, 0.3) is 0 Å². The van der Waals surface area contributed by atoms with Crippen molar-refractivity contribution in [3.63, 3.8) is 0 Å². The second-order valence-electron chi connectivity index (χ2n) is 7.63. The van der Waals surface area contributed by atoms with E-state index in [4.69, 9.17) is 4.98 Å². The number of hydrogen-bond donors (Lipinski definition) is 0. The molecule has 0 unspecified atom stereocenters. The minimum Gasteiger partial charge on any atom is -0.355 e. The summed E-state index contributed by atoms with van der Waals surface area (Å²) in [7, 11) is 0. The molecule has 4 heterocycles. The summed E-state index contributed by atoms with van der Waals surface area (Å²) in [5.41, 5.74) is 1.90. The van der Waals surface area contributed by atoms with Crippen molar-refractivity contribution >= 4 is 22.9 Å². The van der Waals surface area contributed by atoms with E-state index in [1.165, 1.54) is 19.3 Å². The normalized spacial score (nSPS) is 18.4. The quantitative estimate of drug-likeness (QED) is 0.828. The molecule has 2 aromatic heterocycles. The van der Waals surface area contributed by atoms with Crippen molar-refractivity contribution < 1.29 is 4.79 Å². The molecule has 2 aliphatic rings. The lowest BCUT2D eigenvalue weighted by Gasteiger charge is -2.34. The second-order valence-corrected chi connectivity index (χ2v) is 7.63. The first-order chi connectivity index (χ1) is 13.2. The van der Waals surface area contributed by atoms with Gasteiger partial charge in [-0.05, 0) is 39.5 Å². The average Bonchev–Trinajstić information content (AvgIpc) is 2.90. The molecule has 2 aromatic rings. The van der Waals surface area contributed by atoms with Crippen LogP contribution >= 0.6 is 0 Å². The van der Waals surface area contributed by atoms with E-state index < -0.39 is 0 Å². The molecule has 0 atom stereocenters. The van der Waals surface area contributed by atoms with E-state index in [1.807, 2.05) is 4.90 Å². The van der Waals surface area contributed by atoms with E-state index in [-0.39, 0.29) is 5.92 Å². The number of aromatic nitrogens is 4. The summed E-state index contributed by atoms with van der Waals surface area (Å²) in [5.74, 6) is 2.53. The minimum absolute atomic E-state index is 0.136. The molecule has 1 amide bonds. The Kier molecular flexibility index (Phi) is 5.27. The smallest absolute Gasteiger partial charge is 0.225 e. The number of hydrogen-bond acceptors (Lipinski definition) is 5. The van der Waals surface area contributed by atoms with Gasteiger partial charge in [-0.15, -0.1) is 0 Å². The fourth-order valence-electron chi connectivity index (χ4n) is 4.49. The van der Waals surface area contributed by atoms with Crippen LogP contribution in [0.4, 0.5) is 5.82 Å². The molecule has 0 N–H and O–H groups in total. The van der Waals surface area contributed by atoms with Gasteiger partial charge >= 0.3 is 0 Å². The molecular weight excluding hydrogens is 340 g/mol. The van der Waals surface area contributed by atoms with Crippen LogP contribution in [0.25, 0.3) is 11.2 Å². The van der Waals surface area contributed by atoms with Crippen LogP contribution in [0.15, 0.2) is 6.33 Å². The standard InChI is InChI=1S/C20H30N6O/c1-3-24(4-2)20(27)15-9-12-25(13-10-15)18-17-19(22-14-21-18)26-11-7-5-6-8-16(26)23-17/h14-15H,3-13H2,1-2H3. The molecule has 0 saturated carbocycles. The zero-order valence-corrected chi connectivity index (χ0v) is 16.5. The zero-order valence-electron chi connectivity index (χ0n) is 16.5. The van der Waals surface area contributed by atoms with Crippen LogP contribution in [-0.2, 0) is 17.8 Å². The van der Waals surface area contributed by atoms with E-state index in [0.29, 0.717) is 5.91 Å². The second kappa shape index (κ2) is 7.82. The molecule has 4 rings (SSSR count). The van der Waals surface area contributed by atoms with E-state index >= 15 is 0 Å². The number of rotatable bonds is 4. The van der Waals surface area contributed by atoms with Crippen molar-refractivity contribution in [3.05, 3.63) is 12.2 Å². The highest BCUT2D eigenvalue weighted by atomic mass is 16.2. The van der Waals surface area contributed by atoms with E-state index in [2.05, 4.69) is 33.3 Å². The Balaban J connectivity index is 1.53. The van der Waals surface area contributed by atoms with Crippen LogP contribution < -0.4 is 4.90 Å². The highest BCUT2D eigenvalue weighted by Gasteiger charge is 2.29. The molecule has 146 valence electrons. The lowest BCUT2D eigenvalue weighted by atomic mass is 9.95. The summed E-state index contributed by atoms with van der Waals surface area (Å²) in [5, 5.41) is 0. The minimum atomic E-state index is 0.136. The Morgan fingerprint density at radius 2 is 1.89 bits per heavy atom. The van der Waals surface area contributed by atoms with Crippen molar-refractivity contribution in [1.29, 1.82) is 0 Å². The Bertz CT molecular complexity index is 804. The molecule has 0 bridgehead atoms. The van der Waals surface area contributed by atoms with Gasteiger partial charge in [0.15, 0.2) is 17.0 Å². The number of carbonyl (C=O) groups excluding carboxylic acids is 1. The van der Waals surface area contributed by atoms with Crippen molar-refractivity contribution in [2.24, 2.45) is 5.92 Å². The Labute approximate surface area is 160 Å². The molecule has 7 nitrogen and oxygen atoms in total. The number of anilines is 1. The van der Waals surface area contributed by atoms with Crippen LogP contribution in [-0.4, -0.2) is 56.5 Å². The first-order valence-corrected chi connectivity index (χ1v) is 10.5. The summed E-state index contributed by atoms with van der Waals surface area (Å²) in [4.78, 5) is 30.9. The number of carbonyl (C=O) groups is 1. The summed E-state index contributed by atoms with van der Waals surface area (Å²) in [6, 6.07) is 0. The van der Waals surface area contributed by atoms with Gasteiger partial charge in [0.2, 0.25) is 5.91 Å². The molecule has 0 radical (unpaired) electrons. The topological polar surface area (TPSA) is 67.2 Å². The first kappa shape index (κ1) is 18.2. The number of piperidine rings is 1. The Hall–Kier alpha value is -2.18. The maximum atomic E-state index is 12.6. The summed E-state index contributed by atoms with van der Waals surface area (Å²) in [6.45, 7) is 8.40. The number of nitrogens with zero attached hydrogens (tertiary/aromatic N) is 6. The summed E-state index contributed by atoms with van der Waals surface area (Å²) in [6.07, 6.45) is 8.11. The molecule has 0 aromatic carbocycles. The van der Waals surface area contributed by atoms with Gasteiger partial charge in [-0.1, -0.05) is 6.42 Å². The lowest BCUT2D eigenvalue weighted by Crippen LogP contribution is -2.42. The van der Waals surface area contributed by atoms with Gasteiger partial charge in [0.05, 0.1) is 0 Å². The van der Waals surface area contributed by atoms with Gasteiger partial charge in [0, 0.05) is 45.1 Å². The Morgan fingerprint density at radius 3 is 2.63 bits per heavy atom. The molecule has 1 fully saturated rings. The number of aryl methyl sites for hydroxylation is 2. The van der Waals surface area contributed by atoms with E-state index in [0.717, 1.165) is 74.8 Å². The number of imidazole rings is 1. The maximum Gasteiger partial charge on any atom is 0.225 e. The van der Waals surface area contributed by atoms with Gasteiger partial charge in [-0.3, -0.25) is 4.79 Å². The van der Waals surface area contributed by atoms with Gasteiger partial charge in [-0.25, -0.2) is 15.0 Å². The van der Waals surface area contributed by atoms with E-state index in [9.17, 15) is 4.79 Å². The average molecular weight is 371 g/mol. The zero-order chi connectivity index (χ0) is 18.8. The van der Waals surface area contributed by atoms with Crippen LogP contribution in [0.1, 0.15) is 51.8 Å². The van der Waals surface area contributed by atoms with Crippen LogP contribution in [0.5, 0.6) is 0 Å². The third-order valence-corrected chi connectivity index (χ3v) is 6.09. The largest absolute Gasteiger partial charge is 0.355 e. The van der Waals surface area contributed by atoms with Crippen molar-refractivity contribution in [3.8, 4) is 0 Å². The molecule has 7 heteroatoms. The Morgan fingerprint density at radius 1 is 1.11 bits per heavy atom. The summed E-state index contributed by atoms with van der Waals surface area (Å²) >= 11 is 0. The van der Waals surface area contributed by atoms with Crippen molar-refractivity contribution in [2.75, 3.05) is 31.1 Å². The van der Waals surface area contributed by atoms with Crippen LogP contribution in [0, 0.1) is 5.92 Å². The third kappa shape index (κ3) is 3.39. The molecule has 0 aliphatic carbocycles. The van der Waals surface area contributed by atoms with Gasteiger partial charge in [0.1, 0.15) is 12.2 Å². The molecule has 27 heavy (non-hydrogen) atoms. The highest BCUT2D eigenvalue weighted by molar-refractivity contribution is 5.84. The van der Waals surface area contributed by atoms with Gasteiger partial charge in [-0.2, -0.15) is 0 Å². The fourth-order valence-corrected chi connectivity index (χ4v) is 4.49. The monoisotopic (exact) mass is 370 g/mol. The van der Waals surface area contributed by atoms with E-state index in [1.54, 1.807) is 6.33 Å². The van der Waals surface area contributed by atoms with Gasteiger partial charge < -0.3 is 14.4 Å². The molecule has 1 saturated heterocycles. The molecule has 0 spiro atoms. The van der Waals surface area contributed by atoms with Crippen molar-refractivity contribution in [1.82, 2.24) is 24.4 Å². The molecule has 2 aliphatic heterocycles. The predicted molar refractivity (Wildman–Crippen MR) is 106 cm³/mol. The number of amides is 1. The SMILES string of the molecule is CCN(CC)C(=O)C1CCN(c2ncnc3c2nc2n3CCCCC2)CC1. The molecular formula is C20H30N6O. The third-order valence-electron chi connectivity index (χ3n) is 6.09. The van der Waals surface area contributed by atoms with Crippen LogP contribution in [0.3, 0.4) is 0 Å².